The molecule has 5 nitrogen and oxygen atoms in total. The molecule has 114 valence electrons. The second-order valence-electron chi connectivity index (χ2n) is 5.10. The molecule has 0 amide bonds. The van der Waals surface area contributed by atoms with Crippen molar-refractivity contribution in [3.05, 3.63) is 48.0 Å². The first kappa shape index (κ1) is 14.8. The van der Waals surface area contributed by atoms with Gasteiger partial charge in [0.15, 0.2) is 0 Å². The molecule has 0 radical (unpaired) electrons. The molecule has 0 unspecified atom stereocenters. The van der Waals surface area contributed by atoms with Crippen molar-refractivity contribution < 1.29 is 14.6 Å². The highest BCUT2D eigenvalue weighted by atomic mass is 16.5. The van der Waals surface area contributed by atoms with Crippen LogP contribution < -0.4 is 4.74 Å². The zero-order valence-corrected chi connectivity index (χ0v) is 12.3. The Morgan fingerprint density at radius 3 is 2.74 bits per heavy atom. The molecular formula is C18H14N2O3. The molecule has 0 aliphatic rings. The van der Waals surface area contributed by atoms with Crippen LogP contribution in [0.2, 0.25) is 0 Å². The van der Waals surface area contributed by atoms with E-state index >= 15 is 0 Å². The Balaban J connectivity index is 2.07. The summed E-state index contributed by atoms with van der Waals surface area (Å²) in [5.41, 5.74) is 1.47. The van der Waals surface area contributed by atoms with E-state index in [2.05, 4.69) is 11.1 Å². The molecule has 0 fully saturated rings. The number of para-hydroxylation sites is 1. The van der Waals surface area contributed by atoms with E-state index in [0.717, 1.165) is 0 Å². The average Bonchev–Trinajstić information content (AvgIpc) is 2.56. The van der Waals surface area contributed by atoms with Gasteiger partial charge in [-0.3, -0.25) is 0 Å². The number of unbranched alkanes of at least 4 members (excludes halogenated alkanes) is 1. The molecule has 3 rings (SSSR count). The van der Waals surface area contributed by atoms with Crippen molar-refractivity contribution in [3.63, 3.8) is 0 Å². The second-order valence-corrected chi connectivity index (χ2v) is 5.10. The summed E-state index contributed by atoms with van der Waals surface area (Å²) in [5.74, 6) is -0.356. The van der Waals surface area contributed by atoms with Gasteiger partial charge in [-0.05, 0) is 24.6 Å². The summed E-state index contributed by atoms with van der Waals surface area (Å²) in [4.78, 5) is 16.2. The number of hydrogen-bond donors (Lipinski definition) is 1. The Hall–Kier alpha value is -3.13. The summed E-state index contributed by atoms with van der Waals surface area (Å²) in [6.07, 6.45) is 1.10. The van der Waals surface area contributed by atoms with Crippen molar-refractivity contribution >= 4 is 27.8 Å². The fraction of sp³-hybridized carbons (Fsp3) is 0.167. The minimum atomic E-state index is -0.976. The maximum absolute atomic E-state index is 11.7. The lowest BCUT2D eigenvalue weighted by molar-refractivity contribution is 0.0701. The molecule has 1 aromatic heterocycles. The van der Waals surface area contributed by atoms with Gasteiger partial charge in [-0.15, -0.1) is 0 Å². The van der Waals surface area contributed by atoms with Gasteiger partial charge in [0.1, 0.15) is 5.75 Å². The Labute approximate surface area is 132 Å². The number of hydrogen-bond acceptors (Lipinski definition) is 4. The van der Waals surface area contributed by atoms with E-state index in [0.29, 0.717) is 47.0 Å². The van der Waals surface area contributed by atoms with Gasteiger partial charge in [0.25, 0.3) is 0 Å². The maximum atomic E-state index is 11.7. The second kappa shape index (κ2) is 6.32. The van der Waals surface area contributed by atoms with Crippen molar-refractivity contribution in [1.29, 1.82) is 5.26 Å². The zero-order valence-electron chi connectivity index (χ0n) is 12.3. The average molecular weight is 306 g/mol. The van der Waals surface area contributed by atoms with Gasteiger partial charge in [0.2, 0.25) is 0 Å². The van der Waals surface area contributed by atoms with Crippen LogP contribution in [0.3, 0.4) is 0 Å². The molecular weight excluding hydrogens is 292 g/mol. The maximum Gasteiger partial charge on any atom is 0.337 e. The van der Waals surface area contributed by atoms with Gasteiger partial charge >= 0.3 is 5.97 Å². The van der Waals surface area contributed by atoms with Crippen LogP contribution in [0.15, 0.2) is 42.5 Å². The van der Waals surface area contributed by atoms with Gasteiger partial charge in [0.05, 0.1) is 29.3 Å². The topological polar surface area (TPSA) is 83.2 Å². The molecule has 0 bridgehead atoms. The van der Waals surface area contributed by atoms with Crippen molar-refractivity contribution in [3.8, 4) is 11.8 Å². The highest BCUT2D eigenvalue weighted by Crippen LogP contribution is 2.28. The number of pyridine rings is 1. The predicted octanol–water partition coefficient (Wildman–Crippen LogP) is 3.77. The van der Waals surface area contributed by atoms with E-state index < -0.39 is 5.97 Å². The predicted molar refractivity (Wildman–Crippen MR) is 86.6 cm³/mol. The summed E-state index contributed by atoms with van der Waals surface area (Å²) in [6, 6.07) is 14.4. The molecule has 1 N–H and O–H groups in total. The summed E-state index contributed by atoms with van der Waals surface area (Å²) in [6.45, 7) is 0.443. The normalized spacial score (nSPS) is 10.6. The molecule has 0 aliphatic heterocycles. The Morgan fingerprint density at radius 2 is 1.96 bits per heavy atom. The molecule has 2 aromatic carbocycles. The largest absolute Gasteiger partial charge is 0.493 e. The van der Waals surface area contributed by atoms with Crippen LogP contribution in [0, 0.1) is 11.3 Å². The highest BCUT2D eigenvalue weighted by molar-refractivity contribution is 6.13. The number of nitriles is 1. The van der Waals surface area contributed by atoms with E-state index in [-0.39, 0.29) is 5.56 Å². The summed E-state index contributed by atoms with van der Waals surface area (Å²) in [7, 11) is 0. The first-order valence-electron chi connectivity index (χ1n) is 7.26. The molecule has 0 spiro atoms. The van der Waals surface area contributed by atoms with Crippen LogP contribution in [-0.4, -0.2) is 22.7 Å². The first-order chi connectivity index (χ1) is 11.2. The van der Waals surface area contributed by atoms with Gasteiger partial charge in [-0.2, -0.15) is 5.26 Å². The first-order valence-corrected chi connectivity index (χ1v) is 7.26. The van der Waals surface area contributed by atoms with Gasteiger partial charge < -0.3 is 9.84 Å². The van der Waals surface area contributed by atoms with Crippen LogP contribution in [-0.2, 0) is 0 Å². The number of carboxylic acids is 1. The Bertz CT molecular complexity index is 929. The van der Waals surface area contributed by atoms with Crippen molar-refractivity contribution in [2.45, 2.75) is 12.8 Å². The molecule has 5 heteroatoms. The van der Waals surface area contributed by atoms with E-state index in [9.17, 15) is 9.90 Å². The number of rotatable bonds is 5. The fourth-order valence-corrected chi connectivity index (χ4v) is 2.53. The standard InChI is InChI=1S/C18H14N2O3/c19-9-3-4-10-23-12-7-8-14-16(11-12)20-15-6-2-1-5-13(15)17(14)18(21)22/h1-2,5-8,11H,3-4,10H2,(H,21,22). The van der Waals surface area contributed by atoms with Gasteiger partial charge in [0, 0.05) is 23.3 Å². The van der Waals surface area contributed by atoms with E-state index in [1.807, 2.05) is 6.07 Å². The molecule has 23 heavy (non-hydrogen) atoms. The van der Waals surface area contributed by atoms with Crippen LogP contribution >= 0.6 is 0 Å². The van der Waals surface area contributed by atoms with E-state index in [4.69, 9.17) is 10.00 Å². The number of benzene rings is 2. The number of carboxylic acid groups (broad SMARTS) is 1. The summed E-state index contributed by atoms with van der Waals surface area (Å²) >= 11 is 0. The number of ether oxygens (including phenoxy) is 1. The van der Waals surface area contributed by atoms with Crippen LogP contribution in [0.4, 0.5) is 0 Å². The number of nitrogens with zero attached hydrogens (tertiary/aromatic N) is 2. The zero-order chi connectivity index (χ0) is 16.2. The minimum Gasteiger partial charge on any atom is -0.493 e. The number of aromatic carboxylic acids is 1. The van der Waals surface area contributed by atoms with Gasteiger partial charge in [-0.1, -0.05) is 18.2 Å². The van der Waals surface area contributed by atoms with Crippen molar-refractivity contribution in [1.82, 2.24) is 4.98 Å². The third-order valence-corrected chi connectivity index (χ3v) is 3.57. The number of carbonyl (C=O) groups is 1. The molecule has 3 aromatic rings. The monoisotopic (exact) mass is 306 g/mol. The van der Waals surface area contributed by atoms with Crippen LogP contribution in [0.5, 0.6) is 5.75 Å². The van der Waals surface area contributed by atoms with E-state index in [1.165, 1.54) is 0 Å². The van der Waals surface area contributed by atoms with Gasteiger partial charge in [-0.25, -0.2) is 9.78 Å². The molecule has 0 aliphatic carbocycles. The molecule has 0 saturated carbocycles. The SMILES string of the molecule is N#CCCCOc1ccc2c(C(=O)O)c3ccccc3nc2c1. The van der Waals surface area contributed by atoms with Crippen molar-refractivity contribution in [2.24, 2.45) is 0 Å². The van der Waals surface area contributed by atoms with Crippen LogP contribution in [0.1, 0.15) is 23.2 Å². The lowest BCUT2D eigenvalue weighted by atomic mass is 10.0. The molecule has 0 saturated heterocycles. The highest BCUT2D eigenvalue weighted by Gasteiger charge is 2.15. The number of fused-ring (bicyclic) bond motifs is 2. The minimum absolute atomic E-state index is 0.252. The third kappa shape index (κ3) is 2.92. The third-order valence-electron chi connectivity index (χ3n) is 3.57. The summed E-state index contributed by atoms with van der Waals surface area (Å²) < 4.78 is 5.59. The lowest BCUT2D eigenvalue weighted by Gasteiger charge is -2.10. The number of aromatic nitrogens is 1. The van der Waals surface area contributed by atoms with Crippen molar-refractivity contribution in [2.75, 3.05) is 6.61 Å². The van der Waals surface area contributed by atoms with E-state index in [1.54, 1.807) is 36.4 Å². The summed E-state index contributed by atoms with van der Waals surface area (Å²) in [5, 5.41) is 19.3. The lowest BCUT2D eigenvalue weighted by Crippen LogP contribution is -2.02. The van der Waals surface area contributed by atoms with Crippen LogP contribution in [0.25, 0.3) is 21.8 Å². The molecule has 0 atom stereocenters. The quantitative estimate of drug-likeness (QED) is 0.573. The fourth-order valence-electron chi connectivity index (χ4n) is 2.53. The molecule has 1 heterocycles. The Morgan fingerprint density at radius 1 is 1.17 bits per heavy atom. The smallest absolute Gasteiger partial charge is 0.337 e. The Kier molecular flexibility index (Phi) is 4.07.